The Labute approximate surface area is 131 Å². The molecular formula is C15H13ClN2O4. The number of rotatable bonds is 6. The predicted molar refractivity (Wildman–Crippen MR) is 81.9 cm³/mol. The van der Waals surface area contributed by atoms with Gasteiger partial charge in [0.25, 0.3) is 11.6 Å². The molecule has 0 aromatic heterocycles. The third-order valence-corrected chi connectivity index (χ3v) is 3.07. The summed E-state index contributed by atoms with van der Waals surface area (Å²) < 4.78 is 5.28. The van der Waals surface area contributed by atoms with Crippen molar-refractivity contribution >= 4 is 23.2 Å². The number of nitrogens with zero attached hydrogens (tertiary/aromatic N) is 1. The number of nitro groups is 1. The maximum atomic E-state index is 11.7. The van der Waals surface area contributed by atoms with Crippen molar-refractivity contribution in [3.63, 3.8) is 0 Å². The van der Waals surface area contributed by atoms with E-state index >= 15 is 0 Å². The summed E-state index contributed by atoms with van der Waals surface area (Å²) in [5.41, 5.74) is 0.405. The first kappa shape index (κ1) is 15.8. The molecule has 2 aromatic carbocycles. The maximum Gasteiger partial charge on any atom is 0.274 e. The molecule has 0 aliphatic heterocycles. The van der Waals surface area contributed by atoms with Crippen molar-refractivity contribution in [1.82, 2.24) is 5.32 Å². The van der Waals surface area contributed by atoms with E-state index in [0.29, 0.717) is 16.3 Å². The van der Waals surface area contributed by atoms with Crippen LogP contribution in [0.2, 0.25) is 5.02 Å². The zero-order valence-electron chi connectivity index (χ0n) is 11.5. The van der Waals surface area contributed by atoms with Crippen molar-refractivity contribution in [1.29, 1.82) is 0 Å². The van der Waals surface area contributed by atoms with Crippen molar-refractivity contribution < 1.29 is 14.5 Å². The summed E-state index contributed by atoms with van der Waals surface area (Å²) in [7, 11) is 0. The molecule has 0 saturated heterocycles. The molecule has 0 spiro atoms. The fraction of sp³-hybridized carbons (Fsp3) is 0.133. The molecule has 1 N–H and O–H groups in total. The second-order valence-electron chi connectivity index (χ2n) is 4.41. The summed E-state index contributed by atoms with van der Waals surface area (Å²) in [4.78, 5) is 22.1. The van der Waals surface area contributed by atoms with Crippen LogP contribution in [0.1, 0.15) is 5.56 Å². The van der Waals surface area contributed by atoms with E-state index in [2.05, 4.69) is 5.32 Å². The van der Waals surface area contributed by atoms with Gasteiger partial charge >= 0.3 is 0 Å². The molecule has 0 bridgehead atoms. The van der Waals surface area contributed by atoms with Crippen LogP contribution in [0.15, 0.2) is 48.5 Å². The Kier molecular flexibility index (Phi) is 5.32. The Bertz CT molecular complexity index is 691. The minimum atomic E-state index is -0.482. The molecule has 0 aliphatic rings. The van der Waals surface area contributed by atoms with Crippen molar-refractivity contribution in [2.24, 2.45) is 0 Å². The van der Waals surface area contributed by atoms with Crippen LogP contribution in [-0.4, -0.2) is 17.4 Å². The highest BCUT2D eigenvalue weighted by atomic mass is 35.5. The van der Waals surface area contributed by atoms with E-state index in [9.17, 15) is 14.9 Å². The molecule has 0 fully saturated rings. The van der Waals surface area contributed by atoms with Crippen LogP contribution in [0.25, 0.3) is 0 Å². The lowest BCUT2D eigenvalue weighted by Gasteiger charge is -2.08. The molecule has 22 heavy (non-hydrogen) atoms. The van der Waals surface area contributed by atoms with E-state index in [1.807, 2.05) is 0 Å². The molecule has 0 saturated carbocycles. The van der Waals surface area contributed by atoms with Gasteiger partial charge in [-0.05, 0) is 18.2 Å². The Morgan fingerprint density at radius 2 is 2.00 bits per heavy atom. The number of ether oxygens (including phenoxy) is 1. The largest absolute Gasteiger partial charge is 0.484 e. The van der Waals surface area contributed by atoms with E-state index in [0.717, 1.165) is 0 Å². The number of carbonyl (C=O) groups is 1. The number of benzene rings is 2. The van der Waals surface area contributed by atoms with E-state index in [-0.39, 0.29) is 24.7 Å². The number of amides is 1. The number of nitrogens with one attached hydrogen (secondary N) is 1. The molecule has 0 unspecified atom stereocenters. The van der Waals surface area contributed by atoms with Gasteiger partial charge in [0.05, 0.1) is 4.92 Å². The molecular weight excluding hydrogens is 308 g/mol. The highest BCUT2D eigenvalue weighted by Gasteiger charge is 2.13. The smallest absolute Gasteiger partial charge is 0.274 e. The Hall–Kier alpha value is -2.60. The summed E-state index contributed by atoms with van der Waals surface area (Å²) in [5, 5.41) is 14.0. The second kappa shape index (κ2) is 7.42. The number of hydrogen-bond donors (Lipinski definition) is 1. The van der Waals surface area contributed by atoms with Gasteiger partial charge in [-0.1, -0.05) is 35.9 Å². The third-order valence-electron chi connectivity index (χ3n) is 2.83. The predicted octanol–water partition coefficient (Wildman–Crippen LogP) is 2.94. The monoisotopic (exact) mass is 320 g/mol. The number of halogens is 1. The van der Waals surface area contributed by atoms with Gasteiger partial charge in [0, 0.05) is 23.2 Å². The highest BCUT2D eigenvalue weighted by molar-refractivity contribution is 6.30. The minimum Gasteiger partial charge on any atom is -0.484 e. The van der Waals surface area contributed by atoms with Crippen LogP contribution < -0.4 is 10.1 Å². The first-order valence-corrected chi connectivity index (χ1v) is 6.81. The lowest BCUT2D eigenvalue weighted by Crippen LogP contribution is -2.28. The molecule has 2 aromatic rings. The SMILES string of the molecule is O=C(COc1cccc(Cl)c1)NCc1ccccc1[N+](=O)[O-]. The average molecular weight is 321 g/mol. The zero-order chi connectivity index (χ0) is 15.9. The molecule has 1 amide bonds. The topological polar surface area (TPSA) is 81.5 Å². The lowest BCUT2D eigenvalue weighted by atomic mass is 10.2. The van der Waals surface area contributed by atoms with Gasteiger partial charge in [-0.25, -0.2) is 0 Å². The second-order valence-corrected chi connectivity index (χ2v) is 4.85. The van der Waals surface area contributed by atoms with Gasteiger partial charge in [0.15, 0.2) is 6.61 Å². The number of hydrogen-bond acceptors (Lipinski definition) is 4. The van der Waals surface area contributed by atoms with E-state index in [1.165, 1.54) is 6.07 Å². The normalized spacial score (nSPS) is 10.0. The highest BCUT2D eigenvalue weighted by Crippen LogP contribution is 2.18. The minimum absolute atomic E-state index is 0.0291. The average Bonchev–Trinajstić information content (AvgIpc) is 2.51. The molecule has 0 heterocycles. The van der Waals surface area contributed by atoms with Crippen LogP contribution in [0.3, 0.4) is 0 Å². The van der Waals surface area contributed by atoms with Gasteiger partial charge in [-0.3, -0.25) is 14.9 Å². The van der Waals surface area contributed by atoms with E-state index in [1.54, 1.807) is 42.5 Å². The lowest BCUT2D eigenvalue weighted by molar-refractivity contribution is -0.385. The van der Waals surface area contributed by atoms with Gasteiger partial charge in [-0.2, -0.15) is 0 Å². The summed E-state index contributed by atoms with van der Waals surface area (Å²) in [5.74, 6) is 0.103. The van der Waals surface area contributed by atoms with Crippen molar-refractivity contribution in [2.75, 3.05) is 6.61 Å². The van der Waals surface area contributed by atoms with Crippen molar-refractivity contribution in [3.8, 4) is 5.75 Å². The number of para-hydroxylation sites is 1. The van der Waals surface area contributed by atoms with E-state index < -0.39 is 4.92 Å². The fourth-order valence-electron chi connectivity index (χ4n) is 1.79. The molecule has 7 heteroatoms. The van der Waals surface area contributed by atoms with Gasteiger partial charge < -0.3 is 10.1 Å². The van der Waals surface area contributed by atoms with Gasteiger partial charge in [-0.15, -0.1) is 0 Å². The van der Waals surface area contributed by atoms with Crippen LogP contribution in [0, 0.1) is 10.1 Å². The molecule has 2 rings (SSSR count). The number of nitro benzene ring substituents is 1. The molecule has 6 nitrogen and oxygen atoms in total. The van der Waals surface area contributed by atoms with Crippen molar-refractivity contribution in [3.05, 3.63) is 69.2 Å². The first-order chi connectivity index (χ1) is 10.6. The van der Waals surface area contributed by atoms with E-state index in [4.69, 9.17) is 16.3 Å². The Balaban J connectivity index is 1.87. The van der Waals surface area contributed by atoms with Crippen LogP contribution in [0.4, 0.5) is 5.69 Å². The summed E-state index contributed by atoms with van der Waals surface area (Å²) >= 11 is 5.80. The molecule has 0 atom stereocenters. The third kappa shape index (κ3) is 4.46. The molecule has 114 valence electrons. The standard InChI is InChI=1S/C15H13ClN2O4/c16-12-5-3-6-13(8-12)22-10-15(19)17-9-11-4-1-2-7-14(11)18(20)21/h1-8H,9-10H2,(H,17,19). The first-order valence-electron chi connectivity index (χ1n) is 6.43. The zero-order valence-corrected chi connectivity index (χ0v) is 12.2. The summed E-state index contributed by atoms with van der Waals surface area (Å²) in [6.07, 6.45) is 0. The summed E-state index contributed by atoms with van der Waals surface area (Å²) in [6, 6.07) is 12.9. The Morgan fingerprint density at radius 1 is 1.23 bits per heavy atom. The maximum absolute atomic E-state index is 11.7. The summed E-state index contributed by atoms with van der Waals surface area (Å²) in [6.45, 7) is -0.129. The van der Waals surface area contributed by atoms with Crippen LogP contribution >= 0.6 is 11.6 Å². The molecule has 0 radical (unpaired) electrons. The van der Waals surface area contributed by atoms with Crippen LogP contribution in [-0.2, 0) is 11.3 Å². The molecule has 0 aliphatic carbocycles. The van der Waals surface area contributed by atoms with Gasteiger partial charge in [0.1, 0.15) is 5.75 Å². The van der Waals surface area contributed by atoms with Crippen LogP contribution in [0.5, 0.6) is 5.75 Å². The number of carbonyl (C=O) groups excluding carboxylic acids is 1. The fourth-order valence-corrected chi connectivity index (χ4v) is 1.97. The Morgan fingerprint density at radius 3 is 2.73 bits per heavy atom. The van der Waals surface area contributed by atoms with Crippen molar-refractivity contribution in [2.45, 2.75) is 6.54 Å². The van der Waals surface area contributed by atoms with Gasteiger partial charge in [0.2, 0.25) is 0 Å². The quantitative estimate of drug-likeness (QED) is 0.655.